The second-order valence-corrected chi connectivity index (χ2v) is 7.91. The highest BCUT2D eigenvalue weighted by Crippen LogP contribution is 2.24. The van der Waals surface area contributed by atoms with Crippen LogP contribution in [0, 0.1) is 0 Å². The molecule has 0 aliphatic heterocycles. The van der Waals surface area contributed by atoms with Crippen molar-refractivity contribution in [2.75, 3.05) is 5.32 Å². The van der Waals surface area contributed by atoms with Gasteiger partial charge in [-0.25, -0.2) is 13.6 Å². The van der Waals surface area contributed by atoms with Crippen LogP contribution in [0.2, 0.25) is 5.02 Å². The number of sulfonamides is 1. The van der Waals surface area contributed by atoms with E-state index < -0.39 is 10.0 Å². The Balaban J connectivity index is 1.80. The lowest BCUT2D eigenvalue weighted by atomic mass is 10.1. The molecule has 1 aromatic heterocycles. The maximum absolute atomic E-state index is 11.8. The molecule has 0 fully saturated rings. The fraction of sp³-hybridized carbons (Fsp3) is 0.158. The van der Waals surface area contributed by atoms with Gasteiger partial charge in [-0.15, -0.1) is 10.2 Å². The monoisotopic (exact) mass is 402 g/mol. The number of anilines is 1. The average molecular weight is 403 g/mol. The van der Waals surface area contributed by atoms with Crippen LogP contribution in [0.4, 0.5) is 5.82 Å². The van der Waals surface area contributed by atoms with Crippen molar-refractivity contribution in [1.29, 1.82) is 0 Å². The molecule has 0 amide bonds. The Bertz CT molecular complexity index is 1050. The molecule has 0 radical (unpaired) electrons. The van der Waals surface area contributed by atoms with E-state index >= 15 is 0 Å². The van der Waals surface area contributed by atoms with E-state index in [1.807, 2.05) is 37.3 Å². The molecule has 3 N–H and O–H groups in total. The van der Waals surface area contributed by atoms with Crippen molar-refractivity contribution in [3.63, 3.8) is 0 Å². The number of aromatic nitrogens is 2. The molecule has 1 heterocycles. The molecular weight excluding hydrogens is 384 g/mol. The van der Waals surface area contributed by atoms with Crippen LogP contribution in [0.15, 0.2) is 59.5 Å². The van der Waals surface area contributed by atoms with Gasteiger partial charge in [0.05, 0.1) is 10.6 Å². The van der Waals surface area contributed by atoms with Gasteiger partial charge in [0.25, 0.3) is 0 Å². The molecule has 6 nitrogen and oxygen atoms in total. The molecule has 27 heavy (non-hydrogen) atoms. The van der Waals surface area contributed by atoms with Crippen LogP contribution in [-0.4, -0.2) is 18.6 Å². The van der Waals surface area contributed by atoms with E-state index in [9.17, 15) is 8.42 Å². The van der Waals surface area contributed by atoms with Crippen molar-refractivity contribution in [1.82, 2.24) is 10.2 Å². The van der Waals surface area contributed by atoms with Gasteiger partial charge in [0.2, 0.25) is 10.0 Å². The predicted molar refractivity (Wildman–Crippen MR) is 107 cm³/mol. The van der Waals surface area contributed by atoms with Gasteiger partial charge in [-0.1, -0.05) is 48.9 Å². The Morgan fingerprint density at radius 1 is 1.04 bits per heavy atom. The van der Waals surface area contributed by atoms with Gasteiger partial charge in [-0.2, -0.15) is 0 Å². The summed E-state index contributed by atoms with van der Waals surface area (Å²) in [6.45, 7) is 2.40. The van der Waals surface area contributed by atoms with Crippen LogP contribution < -0.4 is 10.5 Å². The van der Waals surface area contributed by atoms with Gasteiger partial charge in [0, 0.05) is 17.1 Å². The van der Waals surface area contributed by atoms with Crippen molar-refractivity contribution < 1.29 is 8.42 Å². The van der Waals surface area contributed by atoms with Crippen molar-refractivity contribution in [2.24, 2.45) is 5.14 Å². The third-order valence-electron chi connectivity index (χ3n) is 4.13. The van der Waals surface area contributed by atoms with Crippen LogP contribution in [-0.2, 0) is 23.0 Å². The standard InChI is InChI=1S/C19H19ClN4O2S/c1-2-13-7-8-14(11-18(13)27(21,25)26)17-9-10-19(24-23-17)22-12-15-5-3-4-6-16(15)20/h3-11H,2,12H2,1H3,(H,22,24)(H2,21,25,26). The van der Waals surface area contributed by atoms with Crippen molar-refractivity contribution in [3.05, 3.63) is 70.7 Å². The normalized spacial score (nSPS) is 11.4. The summed E-state index contributed by atoms with van der Waals surface area (Å²) >= 11 is 6.14. The van der Waals surface area contributed by atoms with Crippen LogP contribution in [0.3, 0.4) is 0 Å². The quantitative estimate of drug-likeness (QED) is 0.656. The first-order valence-corrected chi connectivity index (χ1v) is 10.3. The summed E-state index contributed by atoms with van der Waals surface area (Å²) in [7, 11) is -3.80. The Morgan fingerprint density at radius 2 is 1.81 bits per heavy atom. The Morgan fingerprint density at radius 3 is 2.44 bits per heavy atom. The van der Waals surface area contributed by atoms with E-state index in [0.29, 0.717) is 40.6 Å². The van der Waals surface area contributed by atoms with Crippen LogP contribution in [0.25, 0.3) is 11.3 Å². The smallest absolute Gasteiger partial charge is 0.238 e. The number of halogens is 1. The molecule has 0 aliphatic carbocycles. The second-order valence-electron chi connectivity index (χ2n) is 5.97. The fourth-order valence-corrected chi connectivity index (χ4v) is 3.75. The van der Waals surface area contributed by atoms with Crippen molar-refractivity contribution in [2.45, 2.75) is 24.8 Å². The van der Waals surface area contributed by atoms with Crippen molar-refractivity contribution in [3.8, 4) is 11.3 Å². The molecule has 0 saturated carbocycles. The fourth-order valence-electron chi connectivity index (χ4n) is 2.68. The molecule has 0 unspecified atom stereocenters. The number of nitrogens with zero attached hydrogens (tertiary/aromatic N) is 2. The summed E-state index contributed by atoms with van der Waals surface area (Å²) in [4.78, 5) is 0.116. The summed E-state index contributed by atoms with van der Waals surface area (Å²) in [5.74, 6) is 0.593. The minimum atomic E-state index is -3.80. The second kappa shape index (κ2) is 8.04. The lowest BCUT2D eigenvalue weighted by Gasteiger charge is -2.09. The molecule has 2 aromatic carbocycles. The molecule has 3 aromatic rings. The minimum absolute atomic E-state index is 0.116. The topological polar surface area (TPSA) is 98.0 Å². The van der Waals surface area contributed by atoms with Gasteiger partial charge in [-0.3, -0.25) is 0 Å². The van der Waals surface area contributed by atoms with Gasteiger partial charge < -0.3 is 5.32 Å². The SMILES string of the molecule is CCc1ccc(-c2ccc(NCc3ccccc3Cl)nn2)cc1S(N)(=O)=O. The van der Waals surface area contributed by atoms with E-state index in [0.717, 1.165) is 5.56 Å². The summed E-state index contributed by atoms with van der Waals surface area (Å²) in [5, 5.41) is 17.5. The van der Waals surface area contributed by atoms with Crippen LogP contribution in [0.1, 0.15) is 18.1 Å². The number of hydrogen-bond acceptors (Lipinski definition) is 5. The van der Waals surface area contributed by atoms with E-state index in [4.69, 9.17) is 16.7 Å². The molecule has 0 bridgehead atoms. The number of hydrogen-bond donors (Lipinski definition) is 2. The minimum Gasteiger partial charge on any atom is -0.364 e. The third kappa shape index (κ3) is 4.63. The molecule has 0 aliphatic rings. The first-order chi connectivity index (χ1) is 12.9. The molecule has 0 atom stereocenters. The number of rotatable bonds is 6. The van der Waals surface area contributed by atoms with Gasteiger partial charge >= 0.3 is 0 Å². The maximum Gasteiger partial charge on any atom is 0.238 e. The zero-order chi connectivity index (χ0) is 19.4. The largest absolute Gasteiger partial charge is 0.364 e. The molecule has 0 spiro atoms. The summed E-state index contributed by atoms with van der Waals surface area (Å²) < 4.78 is 23.6. The highest BCUT2D eigenvalue weighted by molar-refractivity contribution is 7.89. The summed E-state index contributed by atoms with van der Waals surface area (Å²) in [6.07, 6.45) is 0.572. The molecule has 0 saturated heterocycles. The number of nitrogens with one attached hydrogen (secondary N) is 1. The highest BCUT2D eigenvalue weighted by atomic mass is 35.5. The first kappa shape index (κ1) is 19.3. The Labute approximate surface area is 163 Å². The van der Waals surface area contributed by atoms with E-state index in [2.05, 4.69) is 15.5 Å². The van der Waals surface area contributed by atoms with Gasteiger partial charge in [0.1, 0.15) is 5.82 Å². The van der Waals surface area contributed by atoms with Gasteiger partial charge in [-0.05, 0) is 41.8 Å². The van der Waals surface area contributed by atoms with Crippen LogP contribution >= 0.6 is 11.6 Å². The maximum atomic E-state index is 11.8. The third-order valence-corrected chi connectivity index (χ3v) is 5.49. The van der Waals surface area contributed by atoms with Gasteiger partial charge in [0.15, 0.2) is 0 Å². The molecule has 8 heteroatoms. The van der Waals surface area contributed by atoms with Crippen LogP contribution in [0.5, 0.6) is 0 Å². The zero-order valence-corrected chi connectivity index (χ0v) is 16.3. The first-order valence-electron chi connectivity index (χ1n) is 8.35. The number of benzene rings is 2. The van der Waals surface area contributed by atoms with E-state index in [1.54, 1.807) is 18.2 Å². The van der Waals surface area contributed by atoms with E-state index in [-0.39, 0.29) is 4.90 Å². The molecular formula is C19H19ClN4O2S. The molecule has 140 valence electrons. The highest BCUT2D eigenvalue weighted by Gasteiger charge is 2.15. The Kier molecular flexibility index (Phi) is 5.74. The zero-order valence-electron chi connectivity index (χ0n) is 14.7. The number of nitrogens with two attached hydrogens (primary N) is 1. The van der Waals surface area contributed by atoms with Crippen molar-refractivity contribution >= 4 is 27.4 Å². The lowest BCUT2D eigenvalue weighted by Crippen LogP contribution is -2.14. The summed E-state index contributed by atoms with van der Waals surface area (Å²) in [5.41, 5.74) is 2.83. The predicted octanol–water partition coefficient (Wildman–Crippen LogP) is 3.62. The average Bonchev–Trinajstić information content (AvgIpc) is 2.66. The molecule has 3 rings (SSSR count). The van der Waals surface area contributed by atoms with E-state index in [1.165, 1.54) is 6.07 Å². The Hall–Kier alpha value is -2.48. The summed E-state index contributed by atoms with van der Waals surface area (Å²) in [6, 6.07) is 16.2. The number of primary sulfonamides is 1. The lowest BCUT2D eigenvalue weighted by molar-refractivity contribution is 0.596. The number of aryl methyl sites for hydroxylation is 1.